The fourth-order valence-electron chi connectivity index (χ4n) is 0.123. The second-order valence-electron chi connectivity index (χ2n) is 0.919. The van der Waals surface area contributed by atoms with E-state index in [1.54, 1.807) is 6.92 Å². The number of rotatable bonds is 1. The van der Waals surface area contributed by atoms with E-state index < -0.39 is 5.97 Å². The molecule has 0 N–H and O–H groups in total. The van der Waals surface area contributed by atoms with Crippen LogP contribution in [0, 0.1) is 11.5 Å². The maximum Gasteiger partial charge on any atom is 0.321 e. The second-order valence-corrected chi connectivity index (χ2v) is 0.919. The van der Waals surface area contributed by atoms with E-state index in [4.69, 9.17) is 5.26 Å². The molecule has 8 heavy (non-hydrogen) atoms. The zero-order valence-electron chi connectivity index (χ0n) is 4.27. The van der Waals surface area contributed by atoms with Crippen LogP contribution in [0.15, 0.2) is 0 Å². The van der Waals surface area contributed by atoms with Gasteiger partial charge in [-0.25, -0.2) is 0 Å². The zero-order valence-corrected chi connectivity index (χ0v) is 5.75. The van der Waals surface area contributed by atoms with E-state index in [-0.39, 0.29) is 28.8 Å². The third-order valence-electron chi connectivity index (χ3n) is 0.448. The molecule has 1 radical (unpaired) electrons. The van der Waals surface area contributed by atoms with Crippen molar-refractivity contribution in [1.82, 2.24) is 0 Å². The van der Waals surface area contributed by atoms with E-state index in [2.05, 4.69) is 4.74 Å². The molecule has 0 aliphatic rings. The van der Waals surface area contributed by atoms with Crippen LogP contribution in [0.3, 0.4) is 0 Å². The Balaban J connectivity index is 0. The molecule has 0 spiro atoms. The molecule has 0 saturated heterocycles. The van der Waals surface area contributed by atoms with Crippen LogP contribution in [0.5, 0.6) is 0 Å². The monoisotopic (exact) mass is 206 g/mol. The molecule has 0 atom stereocenters. The van der Waals surface area contributed by atoms with Crippen LogP contribution >= 0.6 is 0 Å². The molecule has 0 aromatic rings. The number of nitriles is 1. The summed E-state index contributed by atoms with van der Waals surface area (Å²) in [4.78, 5) is 9.97. The van der Waals surface area contributed by atoms with Crippen molar-refractivity contribution in [3.05, 3.63) is 0 Å². The Morgan fingerprint density at radius 2 is 2.38 bits per heavy atom. The first kappa shape index (κ1) is 10.6. The SMILES string of the molecule is CCC(=O)OC#N.[Ag]. The molecule has 0 heterocycles. The maximum atomic E-state index is 9.97. The van der Waals surface area contributed by atoms with Crippen molar-refractivity contribution in [2.24, 2.45) is 0 Å². The standard InChI is InChI=1S/C4H5NO2.Ag/c1-2-4(6)7-3-5;/h2H2,1H3;. The average molecular weight is 207 g/mol. The summed E-state index contributed by atoms with van der Waals surface area (Å²) >= 11 is 0. The number of ether oxygens (including phenoxy) is 1. The van der Waals surface area contributed by atoms with E-state index in [1.165, 1.54) is 6.26 Å². The first-order valence-electron chi connectivity index (χ1n) is 1.90. The van der Waals surface area contributed by atoms with Crippen LogP contribution in [0.2, 0.25) is 0 Å². The van der Waals surface area contributed by atoms with Crippen LogP contribution in [-0.2, 0) is 31.9 Å². The van der Waals surface area contributed by atoms with Gasteiger partial charge in [0, 0.05) is 28.8 Å². The molecule has 0 aliphatic carbocycles. The first-order valence-corrected chi connectivity index (χ1v) is 1.90. The molecule has 0 aromatic heterocycles. The van der Waals surface area contributed by atoms with Gasteiger partial charge in [0.25, 0.3) is 6.26 Å². The van der Waals surface area contributed by atoms with Gasteiger partial charge in [0.1, 0.15) is 0 Å². The van der Waals surface area contributed by atoms with Gasteiger partial charge in [-0.3, -0.25) is 4.79 Å². The summed E-state index contributed by atoms with van der Waals surface area (Å²) in [6.07, 6.45) is 1.53. The fraction of sp³-hybridized carbons (Fsp3) is 0.500. The minimum Gasteiger partial charge on any atom is -0.351 e. The van der Waals surface area contributed by atoms with E-state index >= 15 is 0 Å². The van der Waals surface area contributed by atoms with Crippen molar-refractivity contribution in [3.63, 3.8) is 0 Å². The van der Waals surface area contributed by atoms with Crippen molar-refractivity contribution >= 4 is 5.97 Å². The van der Waals surface area contributed by atoms with Gasteiger partial charge in [-0.2, -0.15) is 0 Å². The van der Waals surface area contributed by atoms with Crippen LogP contribution in [0.25, 0.3) is 0 Å². The molecule has 4 heteroatoms. The van der Waals surface area contributed by atoms with E-state index in [0.717, 1.165) is 0 Å². The van der Waals surface area contributed by atoms with E-state index in [9.17, 15) is 4.79 Å². The van der Waals surface area contributed by atoms with Crippen LogP contribution < -0.4 is 0 Å². The Kier molecular flexibility index (Phi) is 8.91. The predicted octanol–water partition coefficient (Wildman–Crippen LogP) is 0.418. The Bertz CT molecular complexity index is 107. The Morgan fingerprint density at radius 1 is 1.88 bits per heavy atom. The fourth-order valence-corrected chi connectivity index (χ4v) is 0.123. The Hall–Kier alpha value is -0.300. The number of carbonyl (C=O) groups is 1. The third kappa shape index (κ3) is 5.70. The summed E-state index contributed by atoms with van der Waals surface area (Å²) in [5.41, 5.74) is 0. The summed E-state index contributed by atoms with van der Waals surface area (Å²) in [6.45, 7) is 1.62. The molecule has 0 bridgehead atoms. The van der Waals surface area contributed by atoms with E-state index in [1.807, 2.05) is 0 Å². The van der Waals surface area contributed by atoms with Crippen LogP contribution in [0.4, 0.5) is 0 Å². The van der Waals surface area contributed by atoms with Gasteiger partial charge in [0.15, 0.2) is 0 Å². The van der Waals surface area contributed by atoms with Gasteiger partial charge in [-0.1, -0.05) is 6.92 Å². The molecule has 3 nitrogen and oxygen atoms in total. The van der Waals surface area contributed by atoms with Gasteiger partial charge < -0.3 is 4.74 Å². The number of carbonyl (C=O) groups excluding carboxylic acids is 1. The largest absolute Gasteiger partial charge is 0.351 e. The zero-order chi connectivity index (χ0) is 5.70. The summed E-state index contributed by atoms with van der Waals surface area (Å²) in [5.74, 6) is -0.484. The first-order chi connectivity index (χ1) is 3.31. The molecular weight excluding hydrogens is 202 g/mol. The average Bonchev–Trinajstić information content (AvgIpc) is 1.68. The van der Waals surface area contributed by atoms with Crippen molar-refractivity contribution in [1.29, 1.82) is 5.26 Å². The molecule has 0 amide bonds. The molecule has 49 valence electrons. The van der Waals surface area contributed by atoms with Gasteiger partial charge in [-0.05, 0) is 0 Å². The van der Waals surface area contributed by atoms with E-state index in [0.29, 0.717) is 0 Å². The molecule has 0 aliphatic heterocycles. The molecule has 0 fully saturated rings. The summed E-state index contributed by atoms with van der Waals surface area (Å²) in [6, 6.07) is 0. The van der Waals surface area contributed by atoms with Crippen LogP contribution in [0.1, 0.15) is 13.3 Å². The number of hydrogen-bond donors (Lipinski definition) is 0. The summed E-state index contributed by atoms with van der Waals surface area (Å²) < 4.78 is 3.86. The van der Waals surface area contributed by atoms with Gasteiger partial charge in [0.05, 0.1) is 0 Å². The van der Waals surface area contributed by atoms with Crippen molar-refractivity contribution in [2.75, 3.05) is 0 Å². The normalized spacial score (nSPS) is 6.00. The summed E-state index contributed by atoms with van der Waals surface area (Å²) in [7, 11) is 0. The van der Waals surface area contributed by atoms with Crippen LogP contribution in [-0.4, -0.2) is 5.97 Å². The number of esters is 1. The predicted molar refractivity (Wildman–Crippen MR) is 22.0 cm³/mol. The van der Waals surface area contributed by atoms with Crippen molar-refractivity contribution in [3.8, 4) is 6.26 Å². The minimum absolute atomic E-state index is 0. The molecular formula is C4H5AgNO2. The maximum absolute atomic E-state index is 9.97. The summed E-state index contributed by atoms with van der Waals surface area (Å²) in [5, 5.41) is 7.67. The molecule has 0 saturated carbocycles. The Morgan fingerprint density at radius 3 is 2.50 bits per heavy atom. The third-order valence-corrected chi connectivity index (χ3v) is 0.448. The van der Waals surface area contributed by atoms with Gasteiger partial charge in [-0.15, -0.1) is 5.26 Å². The second kappa shape index (κ2) is 6.70. The molecule has 0 unspecified atom stereocenters. The quantitative estimate of drug-likeness (QED) is 0.355. The number of hydrogen-bond acceptors (Lipinski definition) is 3. The van der Waals surface area contributed by atoms with Crippen molar-refractivity contribution in [2.45, 2.75) is 13.3 Å². The van der Waals surface area contributed by atoms with Crippen molar-refractivity contribution < 1.29 is 31.9 Å². The molecule has 0 rings (SSSR count). The minimum atomic E-state index is -0.484. The molecule has 0 aromatic carbocycles. The topological polar surface area (TPSA) is 50.1 Å². The van der Waals surface area contributed by atoms with Gasteiger partial charge in [0.2, 0.25) is 0 Å². The van der Waals surface area contributed by atoms with Gasteiger partial charge >= 0.3 is 5.97 Å². The Labute approximate surface area is 63.1 Å². The smallest absolute Gasteiger partial charge is 0.321 e. The number of nitrogens with zero attached hydrogens (tertiary/aromatic N) is 1.